The molecule has 0 bridgehead atoms. The SMILES string of the molecule is CS(=O)(=O)c1ccc(SN2CCOCC2)cc1. The second kappa shape index (κ2) is 5.39. The van der Waals surface area contributed by atoms with E-state index in [2.05, 4.69) is 4.31 Å². The topological polar surface area (TPSA) is 46.6 Å². The van der Waals surface area contributed by atoms with Crippen LogP contribution in [0.3, 0.4) is 0 Å². The maximum absolute atomic E-state index is 11.3. The van der Waals surface area contributed by atoms with Crippen molar-refractivity contribution in [1.82, 2.24) is 4.31 Å². The second-order valence-electron chi connectivity index (χ2n) is 3.88. The van der Waals surface area contributed by atoms with E-state index in [1.54, 1.807) is 24.1 Å². The van der Waals surface area contributed by atoms with E-state index in [1.165, 1.54) is 6.26 Å². The van der Waals surface area contributed by atoms with Gasteiger partial charge in [-0.25, -0.2) is 12.7 Å². The lowest BCUT2D eigenvalue weighted by molar-refractivity contribution is 0.0773. The minimum absolute atomic E-state index is 0.365. The average molecular weight is 273 g/mol. The molecule has 4 nitrogen and oxygen atoms in total. The van der Waals surface area contributed by atoms with E-state index in [0.717, 1.165) is 31.2 Å². The van der Waals surface area contributed by atoms with Gasteiger partial charge in [0.25, 0.3) is 0 Å². The summed E-state index contributed by atoms with van der Waals surface area (Å²) in [5, 5.41) is 0. The van der Waals surface area contributed by atoms with Crippen LogP contribution in [-0.2, 0) is 14.6 Å². The molecule has 6 heteroatoms. The molecule has 0 unspecified atom stereocenters. The Hall–Kier alpha value is -0.560. The zero-order valence-corrected chi connectivity index (χ0v) is 11.3. The highest BCUT2D eigenvalue weighted by Crippen LogP contribution is 2.24. The van der Waals surface area contributed by atoms with Gasteiger partial charge in [-0.15, -0.1) is 0 Å². The molecule has 0 aromatic heterocycles. The van der Waals surface area contributed by atoms with Gasteiger partial charge in [0.15, 0.2) is 9.84 Å². The zero-order valence-electron chi connectivity index (χ0n) is 9.63. The maximum Gasteiger partial charge on any atom is 0.175 e. The number of benzene rings is 1. The Morgan fingerprint density at radius 2 is 1.76 bits per heavy atom. The smallest absolute Gasteiger partial charge is 0.175 e. The Morgan fingerprint density at radius 1 is 1.18 bits per heavy atom. The fourth-order valence-corrected chi connectivity index (χ4v) is 3.05. The van der Waals surface area contributed by atoms with E-state index in [0.29, 0.717) is 4.90 Å². The highest BCUT2D eigenvalue weighted by atomic mass is 32.2. The van der Waals surface area contributed by atoms with E-state index in [4.69, 9.17) is 4.74 Å². The molecule has 1 heterocycles. The summed E-state index contributed by atoms with van der Waals surface area (Å²) in [6.07, 6.45) is 1.22. The molecule has 1 aliphatic rings. The summed E-state index contributed by atoms with van der Waals surface area (Å²) < 4.78 is 30.1. The van der Waals surface area contributed by atoms with E-state index in [9.17, 15) is 8.42 Å². The summed E-state index contributed by atoms with van der Waals surface area (Å²) in [5.74, 6) is 0. The molecule has 0 amide bonds. The lowest BCUT2D eigenvalue weighted by atomic mass is 10.4. The predicted octanol–water partition coefficient (Wildman–Crippen LogP) is 1.43. The van der Waals surface area contributed by atoms with Gasteiger partial charge in [-0.3, -0.25) is 0 Å². The number of nitrogens with zero attached hydrogens (tertiary/aromatic N) is 1. The summed E-state index contributed by atoms with van der Waals surface area (Å²) in [7, 11) is -3.10. The first-order valence-corrected chi connectivity index (χ1v) is 8.03. The maximum atomic E-state index is 11.3. The van der Waals surface area contributed by atoms with Gasteiger partial charge in [0.1, 0.15) is 0 Å². The number of ether oxygens (including phenoxy) is 1. The van der Waals surface area contributed by atoms with E-state index in [1.807, 2.05) is 12.1 Å². The molecule has 1 aliphatic heterocycles. The van der Waals surface area contributed by atoms with Crippen LogP contribution in [0, 0.1) is 0 Å². The number of hydrogen-bond acceptors (Lipinski definition) is 5. The van der Waals surface area contributed by atoms with Crippen LogP contribution in [0.15, 0.2) is 34.1 Å². The molecule has 1 aromatic carbocycles. The summed E-state index contributed by atoms with van der Waals surface area (Å²) in [5.41, 5.74) is 0. The Balaban J connectivity index is 2.03. The van der Waals surface area contributed by atoms with Gasteiger partial charge in [0.2, 0.25) is 0 Å². The standard InChI is InChI=1S/C11H15NO3S2/c1-17(13,14)11-4-2-10(3-5-11)16-12-6-8-15-9-7-12/h2-5H,6-9H2,1H3. The quantitative estimate of drug-likeness (QED) is 0.780. The van der Waals surface area contributed by atoms with Crippen LogP contribution >= 0.6 is 11.9 Å². The lowest BCUT2D eigenvalue weighted by Crippen LogP contribution is -2.30. The normalized spacial score (nSPS) is 18.2. The summed E-state index contributed by atoms with van der Waals surface area (Å²) in [4.78, 5) is 1.42. The number of rotatable bonds is 3. The molecule has 94 valence electrons. The van der Waals surface area contributed by atoms with Gasteiger partial charge in [-0.2, -0.15) is 0 Å². The zero-order chi connectivity index (χ0) is 12.3. The van der Waals surface area contributed by atoms with Gasteiger partial charge < -0.3 is 4.74 Å². The van der Waals surface area contributed by atoms with Crippen molar-refractivity contribution < 1.29 is 13.2 Å². The summed E-state index contributed by atoms with van der Waals surface area (Å²) in [6.45, 7) is 3.32. The van der Waals surface area contributed by atoms with Crippen molar-refractivity contribution >= 4 is 21.8 Å². The number of hydrogen-bond donors (Lipinski definition) is 0. The molecule has 0 aliphatic carbocycles. The van der Waals surface area contributed by atoms with Crippen LogP contribution in [0.25, 0.3) is 0 Å². The Labute approximate surface area is 106 Å². The first-order chi connectivity index (χ1) is 8.05. The van der Waals surface area contributed by atoms with Gasteiger partial charge in [0.05, 0.1) is 18.1 Å². The van der Waals surface area contributed by atoms with E-state index < -0.39 is 9.84 Å². The minimum atomic E-state index is -3.10. The predicted molar refractivity (Wildman–Crippen MR) is 67.8 cm³/mol. The van der Waals surface area contributed by atoms with Crippen molar-refractivity contribution in [3.8, 4) is 0 Å². The molecule has 1 aromatic rings. The largest absolute Gasteiger partial charge is 0.379 e. The third kappa shape index (κ3) is 3.70. The van der Waals surface area contributed by atoms with Gasteiger partial charge in [-0.05, 0) is 36.2 Å². The first-order valence-electron chi connectivity index (χ1n) is 5.36. The van der Waals surface area contributed by atoms with Crippen LogP contribution in [-0.4, -0.2) is 45.3 Å². The molecular weight excluding hydrogens is 258 g/mol. The molecular formula is C11H15NO3S2. The molecule has 0 spiro atoms. The minimum Gasteiger partial charge on any atom is -0.379 e. The first kappa shape index (κ1) is 12.9. The van der Waals surface area contributed by atoms with Crippen molar-refractivity contribution in [2.75, 3.05) is 32.6 Å². The van der Waals surface area contributed by atoms with Crippen molar-refractivity contribution in [3.63, 3.8) is 0 Å². The van der Waals surface area contributed by atoms with Crippen LogP contribution in [0.4, 0.5) is 0 Å². The molecule has 2 rings (SSSR count). The van der Waals surface area contributed by atoms with Gasteiger partial charge in [0, 0.05) is 24.2 Å². The lowest BCUT2D eigenvalue weighted by Gasteiger charge is -2.25. The van der Waals surface area contributed by atoms with E-state index >= 15 is 0 Å². The van der Waals surface area contributed by atoms with E-state index in [-0.39, 0.29) is 0 Å². The number of morpholine rings is 1. The average Bonchev–Trinajstić information content (AvgIpc) is 2.30. The molecule has 0 atom stereocenters. The molecule has 0 radical (unpaired) electrons. The number of sulfone groups is 1. The van der Waals surface area contributed by atoms with Crippen molar-refractivity contribution in [3.05, 3.63) is 24.3 Å². The van der Waals surface area contributed by atoms with Crippen LogP contribution in [0.5, 0.6) is 0 Å². The van der Waals surface area contributed by atoms with Crippen molar-refractivity contribution in [1.29, 1.82) is 0 Å². The van der Waals surface area contributed by atoms with Crippen LogP contribution < -0.4 is 0 Å². The monoisotopic (exact) mass is 273 g/mol. The Morgan fingerprint density at radius 3 is 2.29 bits per heavy atom. The summed E-state index contributed by atoms with van der Waals surface area (Å²) in [6, 6.07) is 6.99. The van der Waals surface area contributed by atoms with Crippen LogP contribution in [0.1, 0.15) is 0 Å². The molecule has 0 saturated carbocycles. The Bertz CT molecular complexity index is 464. The van der Waals surface area contributed by atoms with Crippen molar-refractivity contribution in [2.45, 2.75) is 9.79 Å². The van der Waals surface area contributed by atoms with Gasteiger partial charge in [-0.1, -0.05) is 0 Å². The molecule has 0 N–H and O–H groups in total. The summed E-state index contributed by atoms with van der Waals surface area (Å²) >= 11 is 1.64. The fourth-order valence-electron chi connectivity index (χ4n) is 1.53. The van der Waals surface area contributed by atoms with Crippen molar-refractivity contribution in [2.24, 2.45) is 0 Å². The molecule has 17 heavy (non-hydrogen) atoms. The fraction of sp³-hybridized carbons (Fsp3) is 0.455. The van der Waals surface area contributed by atoms with Gasteiger partial charge >= 0.3 is 0 Å². The highest BCUT2D eigenvalue weighted by molar-refractivity contribution is 7.97. The molecule has 1 saturated heterocycles. The second-order valence-corrected chi connectivity index (χ2v) is 7.06. The third-order valence-corrected chi connectivity index (χ3v) is 4.69. The molecule has 1 fully saturated rings. The third-order valence-electron chi connectivity index (χ3n) is 2.46. The van der Waals surface area contributed by atoms with Crippen LogP contribution in [0.2, 0.25) is 0 Å². The highest BCUT2D eigenvalue weighted by Gasteiger charge is 2.12. The Kier molecular flexibility index (Phi) is 4.09.